The van der Waals surface area contributed by atoms with Crippen LogP contribution in [-0.4, -0.2) is 23.6 Å². The summed E-state index contributed by atoms with van der Waals surface area (Å²) in [7, 11) is 0. The van der Waals surface area contributed by atoms with E-state index < -0.39 is 17.0 Å². The van der Waals surface area contributed by atoms with Crippen molar-refractivity contribution in [2.45, 2.75) is 25.0 Å². The van der Waals surface area contributed by atoms with E-state index in [4.69, 9.17) is 0 Å². The van der Waals surface area contributed by atoms with Crippen molar-refractivity contribution < 1.29 is 14.0 Å². The Hall–Kier alpha value is -3.89. The van der Waals surface area contributed by atoms with Crippen LogP contribution in [0.5, 0.6) is 0 Å². The summed E-state index contributed by atoms with van der Waals surface area (Å²) >= 11 is 1.20. The van der Waals surface area contributed by atoms with Gasteiger partial charge in [0, 0.05) is 12.2 Å². The normalized spacial score (nSPS) is 16.7. The number of hydrogen-bond donors (Lipinski definition) is 1. The molecule has 1 atom stereocenters. The molecule has 1 fully saturated rings. The van der Waals surface area contributed by atoms with Crippen LogP contribution in [-0.2, 0) is 22.4 Å². The van der Waals surface area contributed by atoms with Gasteiger partial charge >= 0.3 is 0 Å². The fourth-order valence-corrected chi connectivity index (χ4v) is 5.23. The van der Waals surface area contributed by atoms with E-state index in [-0.39, 0.29) is 16.5 Å². The Morgan fingerprint density at radius 2 is 1.77 bits per heavy atom. The van der Waals surface area contributed by atoms with Crippen molar-refractivity contribution in [3.63, 3.8) is 0 Å². The standard InChI is InChI=1S/C28H24FN3O2S/c1-19-6-5-9-21(16-19)17-25-27(34)32(23-12-10-22(29)11-13-23)28(35-25)24(18-30)26(33)31-15-14-20-7-3-2-4-8-20/h2-13,16,25H,14-15,17H2,1H3,(H,31,33)/b28-24-. The summed E-state index contributed by atoms with van der Waals surface area (Å²) in [6.07, 6.45) is 1.06. The summed E-state index contributed by atoms with van der Waals surface area (Å²) in [5.41, 5.74) is 3.42. The number of aryl methyl sites for hydroxylation is 1. The van der Waals surface area contributed by atoms with Crippen LogP contribution >= 0.6 is 11.8 Å². The van der Waals surface area contributed by atoms with Crippen molar-refractivity contribution in [2.75, 3.05) is 11.4 Å². The second kappa shape index (κ2) is 11.0. The highest BCUT2D eigenvalue weighted by molar-refractivity contribution is 8.05. The molecule has 0 aromatic heterocycles. The predicted molar refractivity (Wildman–Crippen MR) is 136 cm³/mol. The number of nitrogens with zero attached hydrogens (tertiary/aromatic N) is 2. The van der Waals surface area contributed by atoms with Gasteiger partial charge in [-0.05, 0) is 55.2 Å². The molecule has 0 spiro atoms. The van der Waals surface area contributed by atoms with Crippen LogP contribution in [0.15, 0.2) is 89.5 Å². The van der Waals surface area contributed by atoms with Gasteiger partial charge in [0.25, 0.3) is 5.91 Å². The van der Waals surface area contributed by atoms with E-state index in [2.05, 4.69) is 5.32 Å². The second-order valence-corrected chi connectivity index (χ2v) is 9.42. The summed E-state index contributed by atoms with van der Waals surface area (Å²) < 4.78 is 13.6. The Bertz CT molecular complexity index is 1300. The second-order valence-electron chi connectivity index (χ2n) is 8.23. The van der Waals surface area contributed by atoms with Crippen LogP contribution in [0.2, 0.25) is 0 Å². The topological polar surface area (TPSA) is 73.2 Å². The van der Waals surface area contributed by atoms with Crippen molar-refractivity contribution in [3.05, 3.63) is 112 Å². The monoisotopic (exact) mass is 485 g/mol. The molecule has 1 N–H and O–H groups in total. The minimum Gasteiger partial charge on any atom is -0.351 e. The molecule has 0 aliphatic carbocycles. The third kappa shape index (κ3) is 5.79. The number of thioether (sulfide) groups is 1. The summed E-state index contributed by atoms with van der Waals surface area (Å²) in [6.45, 7) is 2.33. The van der Waals surface area contributed by atoms with Gasteiger partial charge in [-0.25, -0.2) is 4.39 Å². The first-order valence-electron chi connectivity index (χ1n) is 11.2. The Kier molecular flexibility index (Phi) is 7.64. The molecule has 1 saturated heterocycles. The van der Waals surface area contributed by atoms with Crippen molar-refractivity contribution in [3.8, 4) is 6.07 Å². The lowest BCUT2D eigenvalue weighted by molar-refractivity contribution is -0.117. The number of nitrogens with one attached hydrogen (secondary N) is 1. The van der Waals surface area contributed by atoms with Crippen molar-refractivity contribution in [1.82, 2.24) is 5.32 Å². The lowest BCUT2D eigenvalue weighted by atomic mass is 10.1. The van der Waals surface area contributed by atoms with Gasteiger partial charge < -0.3 is 5.32 Å². The number of halogens is 1. The number of anilines is 1. The number of amides is 2. The van der Waals surface area contributed by atoms with E-state index in [1.807, 2.05) is 67.6 Å². The molecule has 2 amide bonds. The number of benzene rings is 3. The molecule has 35 heavy (non-hydrogen) atoms. The van der Waals surface area contributed by atoms with Crippen LogP contribution < -0.4 is 10.2 Å². The minimum absolute atomic E-state index is 0.132. The first kappa shape index (κ1) is 24.2. The molecule has 1 heterocycles. The number of rotatable bonds is 7. The molecule has 176 valence electrons. The molecule has 1 aliphatic rings. The van der Waals surface area contributed by atoms with Gasteiger partial charge in [-0.3, -0.25) is 14.5 Å². The van der Waals surface area contributed by atoms with E-state index in [1.165, 1.54) is 40.9 Å². The molecular weight excluding hydrogens is 461 g/mol. The highest BCUT2D eigenvalue weighted by atomic mass is 32.2. The quantitative estimate of drug-likeness (QED) is 0.381. The first-order chi connectivity index (χ1) is 17.0. The number of carbonyl (C=O) groups excluding carboxylic acids is 2. The lowest BCUT2D eigenvalue weighted by Crippen LogP contribution is -2.32. The molecule has 3 aromatic carbocycles. The van der Waals surface area contributed by atoms with Gasteiger partial charge in [0.2, 0.25) is 5.91 Å². The van der Waals surface area contributed by atoms with E-state index >= 15 is 0 Å². The lowest BCUT2D eigenvalue weighted by Gasteiger charge is -2.18. The fraction of sp³-hybridized carbons (Fsp3) is 0.179. The predicted octanol–water partition coefficient (Wildman–Crippen LogP) is 4.92. The van der Waals surface area contributed by atoms with Crippen LogP contribution in [0.3, 0.4) is 0 Å². The third-order valence-corrected chi connectivity index (χ3v) is 6.90. The molecule has 7 heteroatoms. The maximum atomic E-state index is 13.6. The molecule has 4 rings (SSSR count). The average Bonchev–Trinajstić information content (AvgIpc) is 3.16. The summed E-state index contributed by atoms with van der Waals surface area (Å²) in [5.74, 6) is -1.22. The third-order valence-electron chi connectivity index (χ3n) is 5.64. The van der Waals surface area contributed by atoms with Gasteiger partial charge in [-0.15, -0.1) is 0 Å². The smallest absolute Gasteiger partial charge is 0.264 e. The maximum Gasteiger partial charge on any atom is 0.264 e. The van der Waals surface area contributed by atoms with E-state index in [0.29, 0.717) is 25.1 Å². The van der Waals surface area contributed by atoms with Gasteiger partial charge in [0.05, 0.1) is 5.25 Å². The molecule has 1 aliphatic heterocycles. The summed E-state index contributed by atoms with van der Waals surface area (Å²) in [5, 5.41) is 12.4. The van der Waals surface area contributed by atoms with Crippen LogP contribution in [0.25, 0.3) is 0 Å². The maximum absolute atomic E-state index is 13.6. The van der Waals surface area contributed by atoms with Gasteiger partial charge in [-0.1, -0.05) is 71.9 Å². The van der Waals surface area contributed by atoms with Crippen LogP contribution in [0.4, 0.5) is 10.1 Å². The minimum atomic E-state index is -0.540. The van der Waals surface area contributed by atoms with Gasteiger partial charge in [0.15, 0.2) is 0 Å². The van der Waals surface area contributed by atoms with Gasteiger partial charge in [-0.2, -0.15) is 5.26 Å². The Balaban J connectivity index is 1.62. The highest BCUT2D eigenvalue weighted by Crippen LogP contribution is 2.42. The van der Waals surface area contributed by atoms with Crippen molar-refractivity contribution >= 4 is 29.3 Å². The van der Waals surface area contributed by atoms with E-state index in [1.54, 1.807) is 0 Å². The van der Waals surface area contributed by atoms with Gasteiger partial charge in [0.1, 0.15) is 22.5 Å². The molecule has 0 radical (unpaired) electrons. The molecule has 5 nitrogen and oxygen atoms in total. The SMILES string of the molecule is Cc1cccc(CC2S/C(=C(/C#N)C(=O)NCCc3ccccc3)N(c3ccc(F)cc3)C2=O)c1. The fourth-order valence-electron chi connectivity index (χ4n) is 3.92. The molecular formula is C28H24FN3O2S. The Morgan fingerprint density at radius 3 is 2.46 bits per heavy atom. The molecule has 1 unspecified atom stereocenters. The van der Waals surface area contributed by atoms with Crippen LogP contribution in [0.1, 0.15) is 16.7 Å². The Morgan fingerprint density at radius 1 is 1.06 bits per heavy atom. The summed E-state index contributed by atoms with van der Waals surface area (Å²) in [6, 6.07) is 25.0. The molecule has 0 bridgehead atoms. The number of carbonyl (C=O) groups is 2. The largest absolute Gasteiger partial charge is 0.351 e. The zero-order chi connectivity index (χ0) is 24.8. The van der Waals surface area contributed by atoms with E-state index in [9.17, 15) is 19.2 Å². The van der Waals surface area contributed by atoms with Crippen LogP contribution in [0, 0.1) is 24.1 Å². The zero-order valence-corrected chi connectivity index (χ0v) is 20.0. The van der Waals surface area contributed by atoms with Crippen molar-refractivity contribution in [1.29, 1.82) is 5.26 Å². The van der Waals surface area contributed by atoms with E-state index in [0.717, 1.165) is 16.7 Å². The molecule has 3 aromatic rings. The highest BCUT2D eigenvalue weighted by Gasteiger charge is 2.40. The Labute approximate surface area is 208 Å². The number of nitriles is 1. The number of hydrogen-bond acceptors (Lipinski definition) is 4. The van der Waals surface area contributed by atoms with Crippen molar-refractivity contribution in [2.24, 2.45) is 0 Å². The molecule has 0 saturated carbocycles. The zero-order valence-electron chi connectivity index (χ0n) is 19.2. The summed E-state index contributed by atoms with van der Waals surface area (Å²) in [4.78, 5) is 27.8. The first-order valence-corrected chi connectivity index (χ1v) is 12.1. The average molecular weight is 486 g/mol.